The van der Waals surface area contributed by atoms with Gasteiger partial charge in [0.15, 0.2) is 5.11 Å². The van der Waals surface area contributed by atoms with Crippen LogP contribution in [0.25, 0.3) is 0 Å². The maximum atomic E-state index is 5.69. The third kappa shape index (κ3) is 5.34. The fraction of sp³-hybridized carbons (Fsp3) is 0.258. The van der Waals surface area contributed by atoms with Crippen LogP contribution in [-0.2, 0) is 25.9 Å². The van der Waals surface area contributed by atoms with Crippen molar-refractivity contribution in [1.82, 2.24) is 15.3 Å². The third-order valence-electron chi connectivity index (χ3n) is 7.48. The second-order valence-electron chi connectivity index (χ2n) is 10.0. The first-order valence-corrected chi connectivity index (χ1v) is 13.7. The van der Waals surface area contributed by atoms with Gasteiger partial charge in [-0.1, -0.05) is 78.9 Å². The number of aromatic nitrogens is 2. The zero-order valence-corrected chi connectivity index (χ0v) is 22.4. The first kappa shape index (κ1) is 24.4. The Balaban J connectivity index is 1.27. The number of anilines is 3. The average molecular weight is 521 g/mol. The van der Waals surface area contributed by atoms with Crippen LogP contribution in [0.2, 0.25) is 0 Å². The van der Waals surface area contributed by atoms with E-state index in [2.05, 4.69) is 94.1 Å². The van der Waals surface area contributed by atoms with E-state index in [9.17, 15) is 0 Å². The van der Waals surface area contributed by atoms with E-state index < -0.39 is 0 Å². The summed E-state index contributed by atoms with van der Waals surface area (Å²) in [4.78, 5) is 14.6. The van der Waals surface area contributed by atoms with Crippen LogP contribution in [0.1, 0.15) is 40.8 Å². The molecule has 7 heteroatoms. The van der Waals surface area contributed by atoms with Gasteiger partial charge in [-0.3, -0.25) is 0 Å². The fourth-order valence-corrected chi connectivity index (χ4v) is 5.61. The Morgan fingerprint density at radius 2 is 1.24 bits per heavy atom. The molecule has 0 saturated heterocycles. The maximum absolute atomic E-state index is 5.69. The molecule has 1 atom stereocenters. The summed E-state index contributed by atoms with van der Waals surface area (Å²) >= 11 is 5.69. The highest BCUT2D eigenvalue weighted by Crippen LogP contribution is 2.29. The van der Waals surface area contributed by atoms with Crippen molar-refractivity contribution in [2.75, 3.05) is 28.2 Å². The monoisotopic (exact) mass is 520 g/mol. The molecule has 38 heavy (non-hydrogen) atoms. The standard InChI is InChI=1S/C31H32N6S/c1-22(23-9-3-2-4-10-23)32-31(38)35-30-33-28(36-17-15-24-11-5-7-13-26(24)20-36)19-29(34-30)37-18-16-25-12-6-8-14-27(25)21-37/h2-14,19,22H,15-18,20-21H2,1H3,(H2,32,33,34,35,38). The maximum Gasteiger partial charge on any atom is 0.232 e. The van der Waals surface area contributed by atoms with Crippen molar-refractivity contribution in [3.8, 4) is 0 Å². The Kier molecular flexibility index (Phi) is 6.92. The molecular formula is C31H32N6S. The highest BCUT2D eigenvalue weighted by molar-refractivity contribution is 7.80. The van der Waals surface area contributed by atoms with Gasteiger partial charge in [-0.2, -0.15) is 9.97 Å². The summed E-state index contributed by atoms with van der Waals surface area (Å²) in [6.07, 6.45) is 2.01. The first-order valence-electron chi connectivity index (χ1n) is 13.3. The highest BCUT2D eigenvalue weighted by atomic mass is 32.1. The van der Waals surface area contributed by atoms with Crippen molar-refractivity contribution < 1.29 is 0 Å². The minimum absolute atomic E-state index is 0.0658. The normalized spacial score (nSPS) is 15.3. The molecule has 0 fully saturated rings. The zero-order chi connectivity index (χ0) is 25.9. The van der Waals surface area contributed by atoms with Gasteiger partial charge in [-0.25, -0.2) is 0 Å². The lowest BCUT2D eigenvalue weighted by Gasteiger charge is -2.33. The fourth-order valence-electron chi connectivity index (χ4n) is 5.34. The number of hydrogen-bond donors (Lipinski definition) is 2. The molecule has 192 valence electrons. The van der Waals surface area contributed by atoms with Gasteiger partial charge < -0.3 is 20.4 Å². The molecule has 1 aromatic heterocycles. The van der Waals surface area contributed by atoms with E-state index >= 15 is 0 Å². The van der Waals surface area contributed by atoms with E-state index in [1.165, 1.54) is 27.8 Å². The average Bonchev–Trinajstić information content (AvgIpc) is 2.97. The summed E-state index contributed by atoms with van der Waals surface area (Å²) in [5.74, 6) is 2.36. The van der Waals surface area contributed by atoms with Gasteiger partial charge in [0.05, 0.1) is 6.04 Å². The SMILES string of the molecule is CC(NC(=S)Nc1nc(N2CCc3ccccc3C2)cc(N2CCc3ccccc3C2)n1)c1ccccc1. The van der Waals surface area contributed by atoms with Crippen molar-refractivity contribution in [1.29, 1.82) is 0 Å². The van der Waals surface area contributed by atoms with Gasteiger partial charge in [0.2, 0.25) is 5.95 Å². The number of nitrogens with one attached hydrogen (secondary N) is 2. The number of hydrogen-bond acceptors (Lipinski definition) is 5. The van der Waals surface area contributed by atoms with Gasteiger partial charge in [-0.05, 0) is 59.8 Å². The van der Waals surface area contributed by atoms with E-state index in [4.69, 9.17) is 22.2 Å². The van der Waals surface area contributed by atoms with Gasteiger partial charge in [0, 0.05) is 32.2 Å². The van der Waals surface area contributed by atoms with Crippen LogP contribution >= 0.6 is 12.2 Å². The Morgan fingerprint density at radius 3 is 1.79 bits per heavy atom. The molecule has 2 aliphatic rings. The molecule has 0 saturated carbocycles. The van der Waals surface area contributed by atoms with Crippen molar-refractivity contribution in [3.05, 3.63) is 113 Å². The predicted octanol–water partition coefficient (Wildman–Crippen LogP) is 5.65. The quantitative estimate of drug-likeness (QED) is 0.330. The van der Waals surface area contributed by atoms with Crippen molar-refractivity contribution in [2.24, 2.45) is 0 Å². The first-order chi connectivity index (χ1) is 18.6. The molecule has 0 amide bonds. The predicted molar refractivity (Wildman–Crippen MR) is 159 cm³/mol. The minimum atomic E-state index is 0.0658. The molecule has 4 aromatic rings. The van der Waals surface area contributed by atoms with Crippen molar-refractivity contribution >= 4 is 34.9 Å². The van der Waals surface area contributed by atoms with Crippen LogP contribution in [-0.4, -0.2) is 28.2 Å². The van der Waals surface area contributed by atoms with Gasteiger partial charge in [-0.15, -0.1) is 0 Å². The summed E-state index contributed by atoms with van der Waals surface area (Å²) in [5, 5.41) is 7.18. The molecule has 0 spiro atoms. The molecule has 3 heterocycles. The summed E-state index contributed by atoms with van der Waals surface area (Å²) in [7, 11) is 0. The lowest BCUT2D eigenvalue weighted by molar-refractivity contribution is 0.705. The van der Waals surface area contributed by atoms with Crippen molar-refractivity contribution in [2.45, 2.75) is 38.9 Å². The van der Waals surface area contributed by atoms with Gasteiger partial charge >= 0.3 is 0 Å². The summed E-state index contributed by atoms with van der Waals surface area (Å²) < 4.78 is 0. The van der Waals surface area contributed by atoms with Crippen LogP contribution in [0.15, 0.2) is 84.9 Å². The Labute approximate surface area is 229 Å². The summed E-state index contributed by atoms with van der Waals surface area (Å²) in [5.41, 5.74) is 6.72. The molecule has 6 nitrogen and oxygen atoms in total. The van der Waals surface area contributed by atoms with Crippen LogP contribution in [0.3, 0.4) is 0 Å². The number of benzene rings is 3. The zero-order valence-electron chi connectivity index (χ0n) is 21.6. The van der Waals surface area contributed by atoms with Crippen molar-refractivity contribution in [3.63, 3.8) is 0 Å². The van der Waals surface area contributed by atoms with E-state index in [0.29, 0.717) is 11.1 Å². The Bertz CT molecular complexity index is 1360. The molecule has 0 radical (unpaired) electrons. The van der Waals surface area contributed by atoms with Crippen LogP contribution < -0.4 is 20.4 Å². The van der Waals surface area contributed by atoms with Crippen LogP contribution in [0.4, 0.5) is 17.6 Å². The molecule has 6 rings (SSSR count). The number of rotatable bonds is 5. The Morgan fingerprint density at radius 1 is 0.737 bits per heavy atom. The second kappa shape index (κ2) is 10.8. The second-order valence-corrected chi connectivity index (χ2v) is 10.4. The van der Waals surface area contributed by atoms with Gasteiger partial charge in [0.25, 0.3) is 0 Å². The van der Waals surface area contributed by atoms with E-state index in [0.717, 1.165) is 50.7 Å². The van der Waals surface area contributed by atoms with E-state index in [1.54, 1.807) is 0 Å². The van der Waals surface area contributed by atoms with Gasteiger partial charge in [0.1, 0.15) is 11.6 Å². The van der Waals surface area contributed by atoms with E-state index in [-0.39, 0.29) is 6.04 Å². The van der Waals surface area contributed by atoms with Crippen LogP contribution in [0, 0.1) is 0 Å². The number of thiocarbonyl (C=S) groups is 1. The molecule has 2 N–H and O–H groups in total. The third-order valence-corrected chi connectivity index (χ3v) is 7.70. The Hall–Kier alpha value is -3.97. The van der Waals surface area contributed by atoms with E-state index in [1.807, 2.05) is 18.2 Å². The molecule has 3 aromatic carbocycles. The number of nitrogens with zero attached hydrogens (tertiary/aromatic N) is 4. The lowest BCUT2D eigenvalue weighted by atomic mass is 9.99. The summed E-state index contributed by atoms with van der Waals surface area (Å²) in [6, 6.07) is 29.9. The minimum Gasteiger partial charge on any atom is -0.356 e. The highest BCUT2D eigenvalue weighted by Gasteiger charge is 2.23. The molecule has 0 aliphatic carbocycles. The smallest absolute Gasteiger partial charge is 0.232 e. The lowest BCUT2D eigenvalue weighted by Crippen LogP contribution is -2.35. The molecule has 2 aliphatic heterocycles. The topological polar surface area (TPSA) is 56.3 Å². The largest absolute Gasteiger partial charge is 0.356 e. The molecule has 1 unspecified atom stereocenters. The summed E-state index contributed by atoms with van der Waals surface area (Å²) in [6.45, 7) is 5.61. The molecular weight excluding hydrogens is 488 g/mol. The molecule has 0 bridgehead atoms. The number of fused-ring (bicyclic) bond motifs is 2. The van der Waals surface area contributed by atoms with Crippen LogP contribution in [0.5, 0.6) is 0 Å².